The predicted octanol–water partition coefficient (Wildman–Crippen LogP) is 3.20. The van der Waals surface area contributed by atoms with Crippen molar-refractivity contribution < 1.29 is 14.4 Å². The number of nitro benzene ring substituents is 1. The van der Waals surface area contributed by atoms with Crippen molar-refractivity contribution in [1.29, 1.82) is 0 Å². The van der Waals surface area contributed by atoms with Crippen LogP contribution in [-0.4, -0.2) is 10.0 Å². The number of nitro groups is 1. The molecule has 3 aromatic rings. The molecule has 0 bridgehead atoms. The van der Waals surface area contributed by atoms with E-state index >= 15 is 0 Å². The molecule has 1 N–H and O–H groups in total. The summed E-state index contributed by atoms with van der Waals surface area (Å²) in [6.45, 7) is 0. The maximum atomic E-state index is 10.7. The van der Waals surface area contributed by atoms with Crippen molar-refractivity contribution in [2.75, 3.05) is 0 Å². The predicted molar refractivity (Wildman–Crippen MR) is 62.0 cm³/mol. The third-order valence-corrected chi connectivity index (χ3v) is 2.67. The minimum Gasteiger partial charge on any atom is -0.507 e. The van der Waals surface area contributed by atoms with E-state index in [-0.39, 0.29) is 11.4 Å². The van der Waals surface area contributed by atoms with Crippen molar-refractivity contribution in [3.05, 3.63) is 46.5 Å². The summed E-state index contributed by atoms with van der Waals surface area (Å²) < 4.78 is 5.49. The molecule has 3 rings (SSSR count). The van der Waals surface area contributed by atoms with Gasteiger partial charge in [0.2, 0.25) is 0 Å². The first kappa shape index (κ1) is 9.65. The Labute approximate surface area is 95.0 Å². The molecule has 0 fully saturated rings. The van der Waals surface area contributed by atoms with Gasteiger partial charge >= 0.3 is 0 Å². The van der Waals surface area contributed by atoms with E-state index in [4.69, 9.17) is 4.42 Å². The van der Waals surface area contributed by atoms with Gasteiger partial charge in [-0.15, -0.1) is 0 Å². The zero-order chi connectivity index (χ0) is 12.0. The molecule has 0 radical (unpaired) electrons. The number of furan rings is 1. The fourth-order valence-corrected chi connectivity index (χ4v) is 1.91. The summed E-state index contributed by atoms with van der Waals surface area (Å²) in [5.74, 6) is 0.0572. The fraction of sp³-hybridized carbons (Fsp3) is 0. The van der Waals surface area contributed by atoms with Crippen LogP contribution in [-0.2, 0) is 0 Å². The van der Waals surface area contributed by atoms with Gasteiger partial charge in [-0.25, -0.2) is 0 Å². The van der Waals surface area contributed by atoms with E-state index in [9.17, 15) is 15.2 Å². The monoisotopic (exact) mass is 229 g/mol. The highest BCUT2D eigenvalue weighted by Crippen LogP contribution is 2.36. The van der Waals surface area contributed by atoms with Crippen molar-refractivity contribution in [1.82, 2.24) is 0 Å². The maximum absolute atomic E-state index is 10.7. The smallest absolute Gasteiger partial charge is 0.270 e. The second-order valence-electron chi connectivity index (χ2n) is 3.69. The lowest BCUT2D eigenvalue weighted by atomic mass is 10.1. The summed E-state index contributed by atoms with van der Waals surface area (Å²) in [6.07, 6.45) is 0. The summed E-state index contributed by atoms with van der Waals surface area (Å²) in [7, 11) is 0. The number of nitrogens with zero attached hydrogens (tertiary/aromatic N) is 1. The second kappa shape index (κ2) is 3.21. The summed E-state index contributed by atoms with van der Waals surface area (Å²) in [4.78, 5) is 10.2. The second-order valence-corrected chi connectivity index (χ2v) is 3.69. The van der Waals surface area contributed by atoms with Crippen LogP contribution in [0.5, 0.6) is 5.75 Å². The third kappa shape index (κ3) is 1.32. The van der Waals surface area contributed by atoms with E-state index in [2.05, 4.69) is 0 Å². The van der Waals surface area contributed by atoms with E-state index in [1.54, 1.807) is 12.1 Å². The molecule has 0 aliphatic rings. The van der Waals surface area contributed by atoms with E-state index in [0.29, 0.717) is 21.9 Å². The molecule has 84 valence electrons. The lowest BCUT2D eigenvalue weighted by Gasteiger charge is -1.93. The first-order valence-corrected chi connectivity index (χ1v) is 4.95. The van der Waals surface area contributed by atoms with Crippen molar-refractivity contribution in [2.45, 2.75) is 0 Å². The van der Waals surface area contributed by atoms with Crippen LogP contribution in [0.4, 0.5) is 5.69 Å². The molecular weight excluding hydrogens is 222 g/mol. The highest BCUT2D eigenvalue weighted by Gasteiger charge is 2.14. The van der Waals surface area contributed by atoms with Crippen LogP contribution in [0.2, 0.25) is 0 Å². The molecule has 1 heterocycles. The normalized spacial score (nSPS) is 11.1. The first-order chi connectivity index (χ1) is 8.16. The molecule has 0 aliphatic carbocycles. The van der Waals surface area contributed by atoms with Crippen molar-refractivity contribution in [2.24, 2.45) is 0 Å². The summed E-state index contributed by atoms with van der Waals surface area (Å²) in [5, 5.41) is 21.5. The lowest BCUT2D eigenvalue weighted by molar-refractivity contribution is -0.384. The number of aromatic hydroxyl groups is 1. The quantitative estimate of drug-likeness (QED) is 0.513. The van der Waals surface area contributed by atoms with E-state index in [1.807, 2.05) is 0 Å². The Bertz CT molecular complexity index is 745. The fourth-order valence-electron chi connectivity index (χ4n) is 1.91. The van der Waals surface area contributed by atoms with Crippen LogP contribution >= 0.6 is 0 Å². The van der Waals surface area contributed by atoms with Gasteiger partial charge in [-0.3, -0.25) is 10.1 Å². The Hall–Kier alpha value is -2.56. The highest BCUT2D eigenvalue weighted by molar-refractivity contribution is 6.08. The molecule has 1 aromatic heterocycles. The Morgan fingerprint density at radius 3 is 2.76 bits per heavy atom. The van der Waals surface area contributed by atoms with Crippen LogP contribution < -0.4 is 0 Å². The summed E-state index contributed by atoms with van der Waals surface area (Å²) >= 11 is 0. The average molecular weight is 229 g/mol. The van der Waals surface area contributed by atoms with Gasteiger partial charge in [0.1, 0.15) is 16.9 Å². The third-order valence-electron chi connectivity index (χ3n) is 2.67. The zero-order valence-electron chi connectivity index (χ0n) is 8.58. The number of fused-ring (bicyclic) bond motifs is 3. The molecule has 2 aromatic carbocycles. The molecule has 0 atom stereocenters. The molecule has 0 saturated carbocycles. The van der Waals surface area contributed by atoms with Gasteiger partial charge < -0.3 is 9.52 Å². The van der Waals surface area contributed by atoms with Gasteiger partial charge in [-0.05, 0) is 18.2 Å². The van der Waals surface area contributed by atoms with E-state index in [1.165, 1.54) is 24.3 Å². The molecule has 5 nitrogen and oxygen atoms in total. The number of rotatable bonds is 1. The van der Waals surface area contributed by atoms with Crippen LogP contribution in [0, 0.1) is 10.1 Å². The minimum absolute atomic E-state index is 0.0246. The largest absolute Gasteiger partial charge is 0.507 e. The average Bonchev–Trinajstić information content (AvgIpc) is 2.67. The molecule has 0 unspecified atom stereocenters. The Morgan fingerprint density at radius 1 is 1.18 bits per heavy atom. The summed E-state index contributed by atoms with van der Waals surface area (Å²) in [5.41, 5.74) is 1.01. The van der Waals surface area contributed by atoms with Crippen molar-refractivity contribution in [3.8, 4) is 5.75 Å². The number of non-ortho nitro benzene ring substituents is 1. The lowest BCUT2D eigenvalue weighted by Crippen LogP contribution is -1.86. The molecule has 0 amide bonds. The SMILES string of the molecule is O=[N+]([O-])c1ccc2oc3cccc(O)c3c2c1. The van der Waals surface area contributed by atoms with Gasteiger partial charge in [0.15, 0.2) is 0 Å². The van der Waals surface area contributed by atoms with Crippen LogP contribution in [0.15, 0.2) is 40.8 Å². The number of phenols is 1. The van der Waals surface area contributed by atoms with Crippen molar-refractivity contribution in [3.63, 3.8) is 0 Å². The molecular formula is C12H7NO4. The Kier molecular flexibility index (Phi) is 1.82. The Balaban J connectivity index is 2.48. The van der Waals surface area contributed by atoms with Crippen molar-refractivity contribution >= 4 is 27.6 Å². The van der Waals surface area contributed by atoms with Gasteiger partial charge in [0.25, 0.3) is 5.69 Å². The van der Waals surface area contributed by atoms with Gasteiger partial charge in [0, 0.05) is 17.5 Å². The van der Waals surface area contributed by atoms with E-state index in [0.717, 1.165) is 0 Å². The van der Waals surface area contributed by atoms with Crippen LogP contribution in [0.25, 0.3) is 21.9 Å². The Morgan fingerprint density at radius 2 is 2.00 bits per heavy atom. The van der Waals surface area contributed by atoms with Crippen LogP contribution in [0.3, 0.4) is 0 Å². The molecule has 5 heteroatoms. The van der Waals surface area contributed by atoms with Gasteiger partial charge in [0.05, 0.1) is 10.3 Å². The van der Waals surface area contributed by atoms with Gasteiger partial charge in [-0.1, -0.05) is 6.07 Å². The number of benzene rings is 2. The van der Waals surface area contributed by atoms with Gasteiger partial charge in [-0.2, -0.15) is 0 Å². The highest BCUT2D eigenvalue weighted by atomic mass is 16.6. The standard InChI is InChI=1S/C12H7NO4/c14-9-2-1-3-11-12(9)8-6-7(13(15)16)4-5-10(8)17-11/h1-6,14H. The first-order valence-electron chi connectivity index (χ1n) is 4.95. The topological polar surface area (TPSA) is 76.5 Å². The molecule has 0 saturated heterocycles. The number of phenolic OH excluding ortho intramolecular Hbond substituents is 1. The number of hydrogen-bond donors (Lipinski definition) is 1. The summed E-state index contributed by atoms with van der Waals surface area (Å²) in [6, 6.07) is 9.21. The van der Waals surface area contributed by atoms with E-state index < -0.39 is 4.92 Å². The zero-order valence-corrected chi connectivity index (χ0v) is 8.58. The van der Waals surface area contributed by atoms with Crippen LogP contribution in [0.1, 0.15) is 0 Å². The maximum Gasteiger partial charge on any atom is 0.270 e. The molecule has 17 heavy (non-hydrogen) atoms. The number of hydrogen-bond acceptors (Lipinski definition) is 4. The minimum atomic E-state index is -0.474. The molecule has 0 spiro atoms. The molecule has 0 aliphatic heterocycles.